The van der Waals surface area contributed by atoms with Crippen molar-refractivity contribution in [1.29, 1.82) is 0 Å². The average Bonchev–Trinajstić information content (AvgIpc) is 3.11. The first kappa shape index (κ1) is 15.8. The van der Waals surface area contributed by atoms with Gasteiger partial charge in [0, 0.05) is 18.4 Å². The number of likely N-dealkylation sites (N-methyl/N-ethyl adjacent to an activating group) is 1. The molecule has 0 saturated heterocycles. The van der Waals surface area contributed by atoms with E-state index in [0.29, 0.717) is 12.8 Å². The summed E-state index contributed by atoms with van der Waals surface area (Å²) >= 11 is 0. The van der Waals surface area contributed by atoms with Gasteiger partial charge in [0.1, 0.15) is 12.6 Å². The summed E-state index contributed by atoms with van der Waals surface area (Å²) in [5, 5.41) is 0. The van der Waals surface area contributed by atoms with E-state index in [4.69, 9.17) is 18.9 Å². The zero-order valence-corrected chi connectivity index (χ0v) is 15.5. The fraction of sp³-hybridized carbons (Fsp3) is 0.429. The SMILES string of the molecule is COc1ccc2c(c1OC)C[N@+]1(C)CCc3cc4c(cc3C1C2)OCO4. The average molecular weight is 354 g/mol. The number of hydrogen-bond acceptors (Lipinski definition) is 4. The number of rotatable bonds is 2. The van der Waals surface area contributed by atoms with E-state index in [2.05, 4.69) is 25.2 Å². The Balaban J connectivity index is 1.62. The van der Waals surface area contributed by atoms with Crippen LogP contribution in [0.15, 0.2) is 24.3 Å². The number of fused-ring (bicyclic) bond motifs is 5. The normalized spacial score (nSPS) is 25.1. The van der Waals surface area contributed by atoms with Crippen molar-refractivity contribution in [2.45, 2.75) is 25.4 Å². The lowest BCUT2D eigenvalue weighted by atomic mass is 9.81. The van der Waals surface area contributed by atoms with Crippen molar-refractivity contribution >= 4 is 0 Å². The van der Waals surface area contributed by atoms with Crippen LogP contribution < -0.4 is 18.9 Å². The van der Waals surface area contributed by atoms with Crippen molar-refractivity contribution in [2.75, 3.05) is 34.6 Å². The first-order valence-corrected chi connectivity index (χ1v) is 9.12. The van der Waals surface area contributed by atoms with E-state index < -0.39 is 0 Å². The highest BCUT2D eigenvalue weighted by molar-refractivity contribution is 5.54. The third-order valence-electron chi connectivity index (χ3n) is 6.32. The second-order valence-electron chi connectivity index (χ2n) is 7.67. The van der Waals surface area contributed by atoms with E-state index in [-0.39, 0.29) is 0 Å². The summed E-state index contributed by atoms with van der Waals surface area (Å²) in [6.45, 7) is 2.39. The Hall–Kier alpha value is -2.40. The van der Waals surface area contributed by atoms with Crippen LogP contribution in [0.4, 0.5) is 0 Å². The van der Waals surface area contributed by atoms with Gasteiger partial charge in [0.25, 0.3) is 0 Å². The molecule has 1 unspecified atom stereocenters. The molecule has 0 radical (unpaired) electrons. The molecule has 0 N–H and O–H groups in total. The molecule has 5 rings (SSSR count). The number of quaternary nitrogens is 1. The van der Waals surface area contributed by atoms with Crippen LogP contribution in [0.3, 0.4) is 0 Å². The Bertz CT molecular complexity index is 894. The van der Waals surface area contributed by atoms with Gasteiger partial charge in [-0.1, -0.05) is 6.07 Å². The van der Waals surface area contributed by atoms with Gasteiger partial charge in [0.05, 0.1) is 33.4 Å². The molecule has 3 aliphatic heterocycles. The second-order valence-corrected chi connectivity index (χ2v) is 7.67. The van der Waals surface area contributed by atoms with Gasteiger partial charge in [-0.15, -0.1) is 0 Å². The molecule has 2 aromatic carbocycles. The molecule has 0 amide bonds. The molecule has 3 heterocycles. The van der Waals surface area contributed by atoms with Crippen LogP contribution >= 0.6 is 0 Å². The van der Waals surface area contributed by atoms with Gasteiger partial charge in [-0.05, 0) is 29.3 Å². The molecule has 0 bridgehead atoms. The summed E-state index contributed by atoms with van der Waals surface area (Å²) in [5.74, 6) is 3.48. The lowest BCUT2D eigenvalue weighted by Gasteiger charge is -2.49. The van der Waals surface area contributed by atoms with Crippen molar-refractivity contribution in [1.82, 2.24) is 0 Å². The molecule has 5 nitrogen and oxygen atoms in total. The Morgan fingerprint density at radius 2 is 1.85 bits per heavy atom. The van der Waals surface area contributed by atoms with Crippen molar-refractivity contribution in [3.05, 3.63) is 46.5 Å². The summed E-state index contributed by atoms with van der Waals surface area (Å²) in [6.07, 6.45) is 2.05. The number of benzene rings is 2. The maximum absolute atomic E-state index is 5.72. The number of ether oxygens (including phenoxy) is 4. The minimum atomic E-state index is 0.328. The minimum absolute atomic E-state index is 0.328. The molecule has 136 valence electrons. The van der Waals surface area contributed by atoms with E-state index >= 15 is 0 Å². The Labute approximate surface area is 153 Å². The molecule has 2 atom stereocenters. The molecular weight excluding hydrogens is 330 g/mol. The zero-order valence-electron chi connectivity index (χ0n) is 15.5. The first-order valence-electron chi connectivity index (χ1n) is 9.12. The first-order chi connectivity index (χ1) is 12.6. The van der Waals surface area contributed by atoms with Gasteiger partial charge in [0.2, 0.25) is 6.79 Å². The maximum atomic E-state index is 5.72. The van der Waals surface area contributed by atoms with Gasteiger partial charge in [-0.2, -0.15) is 0 Å². The summed E-state index contributed by atoms with van der Waals surface area (Å²) in [5.41, 5.74) is 5.45. The molecule has 0 spiro atoms. The zero-order chi connectivity index (χ0) is 17.9. The lowest BCUT2D eigenvalue weighted by molar-refractivity contribution is -0.956. The van der Waals surface area contributed by atoms with Crippen LogP contribution in [-0.2, 0) is 19.4 Å². The molecule has 0 aliphatic carbocycles. The van der Waals surface area contributed by atoms with E-state index in [9.17, 15) is 0 Å². The Morgan fingerprint density at radius 3 is 2.62 bits per heavy atom. The summed E-state index contributed by atoms with van der Waals surface area (Å²) in [7, 11) is 5.79. The van der Waals surface area contributed by atoms with Crippen LogP contribution in [0, 0.1) is 0 Å². The van der Waals surface area contributed by atoms with E-state index in [0.717, 1.165) is 53.4 Å². The quantitative estimate of drug-likeness (QED) is 0.776. The predicted octanol–water partition coefficient (Wildman–Crippen LogP) is 3.23. The molecular formula is C21H24NO4+. The molecule has 0 fully saturated rings. The Kier molecular flexibility index (Phi) is 3.38. The van der Waals surface area contributed by atoms with Crippen LogP contribution in [-0.4, -0.2) is 39.1 Å². The van der Waals surface area contributed by atoms with E-state index in [1.54, 1.807) is 14.2 Å². The van der Waals surface area contributed by atoms with Gasteiger partial charge < -0.3 is 23.4 Å². The molecule has 3 aliphatic rings. The van der Waals surface area contributed by atoms with Crippen LogP contribution in [0.2, 0.25) is 0 Å². The molecule has 2 aromatic rings. The monoisotopic (exact) mass is 354 g/mol. The van der Waals surface area contributed by atoms with Crippen LogP contribution in [0.1, 0.15) is 28.3 Å². The number of hydrogen-bond donors (Lipinski definition) is 0. The van der Waals surface area contributed by atoms with E-state index in [1.165, 1.54) is 22.3 Å². The number of nitrogens with zero attached hydrogens (tertiary/aromatic N) is 1. The highest BCUT2D eigenvalue weighted by atomic mass is 16.7. The minimum Gasteiger partial charge on any atom is -0.493 e. The molecule has 5 heteroatoms. The maximum Gasteiger partial charge on any atom is 0.231 e. The van der Waals surface area contributed by atoms with Crippen molar-refractivity contribution < 1.29 is 23.4 Å². The van der Waals surface area contributed by atoms with Gasteiger partial charge in [-0.25, -0.2) is 0 Å². The van der Waals surface area contributed by atoms with Crippen molar-refractivity contribution in [2.24, 2.45) is 0 Å². The third-order valence-corrected chi connectivity index (χ3v) is 6.32. The van der Waals surface area contributed by atoms with Gasteiger partial charge in [0.15, 0.2) is 23.0 Å². The van der Waals surface area contributed by atoms with Crippen LogP contribution in [0.25, 0.3) is 0 Å². The molecule has 0 saturated carbocycles. The van der Waals surface area contributed by atoms with Gasteiger partial charge >= 0.3 is 0 Å². The largest absolute Gasteiger partial charge is 0.493 e. The predicted molar refractivity (Wildman–Crippen MR) is 97.0 cm³/mol. The van der Waals surface area contributed by atoms with E-state index in [1.807, 2.05) is 6.07 Å². The summed E-state index contributed by atoms with van der Waals surface area (Å²) < 4.78 is 23.5. The standard InChI is InChI=1S/C21H24NO4/c1-22-7-6-14-9-19-20(26-12-25-19)10-15(14)17(22)8-13-4-5-18(23-2)21(24-3)16(13)11-22/h4-5,9-10,17H,6-8,11-12H2,1-3H3/q+1/t17?,22-/m0/s1. The van der Waals surface area contributed by atoms with Crippen molar-refractivity contribution in [3.63, 3.8) is 0 Å². The topological polar surface area (TPSA) is 36.9 Å². The molecule has 26 heavy (non-hydrogen) atoms. The highest BCUT2D eigenvalue weighted by Crippen LogP contribution is 2.49. The third kappa shape index (κ3) is 2.13. The second kappa shape index (κ2) is 5.55. The fourth-order valence-electron chi connectivity index (χ4n) is 4.88. The smallest absolute Gasteiger partial charge is 0.231 e. The highest BCUT2D eigenvalue weighted by Gasteiger charge is 2.45. The summed E-state index contributed by atoms with van der Waals surface area (Å²) in [6, 6.07) is 9.05. The lowest BCUT2D eigenvalue weighted by Crippen LogP contribution is -2.53. The fourth-order valence-corrected chi connectivity index (χ4v) is 4.88. The molecule has 0 aromatic heterocycles. The summed E-state index contributed by atoms with van der Waals surface area (Å²) in [4.78, 5) is 0. The van der Waals surface area contributed by atoms with Crippen molar-refractivity contribution in [3.8, 4) is 23.0 Å². The number of methoxy groups -OCH3 is 2. The Morgan fingerprint density at radius 1 is 1.04 bits per heavy atom. The van der Waals surface area contributed by atoms with Crippen LogP contribution in [0.5, 0.6) is 23.0 Å². The van der Waals surface area contributed by atoms with Gasteiger partial charge in [-0.3, -0.25) is 0 Å².